The topological polar surface area (TPSA) is 35.8 Å². The van der Waals surface area contributed by atoms with E-state index in [0.29, 0.717) is 5.92 Å². The van der Waals surface area contributed by atoms with Crippen molar-refractivity contribution in [2.45, 2.75) is 45.1 Å². The summed E-state index contributed by atoms with van der Waals surface area (Å²) in [5, 5.41) is 16.0. The molecule has 0 saturated heterocycles. The summed E-state index contributed by atoms with van der Waals surface area (Å²) in [6.07, 6.45) is 5.41. The molecule has 0 heterocycles. The number of hydrazone groups is 1. The van der Waals surface area contributed by atoms with Gasteiger partial charge in [-0.2, -0.15) is 5.10 Å². The van der Waals surface area contributed by atoms with E-state index in [9.17, 15) is 5.11 Å². The fraction of sp³-hybridized carbons (Fsp3) is 0.909. The number of rotatable bonds is 3. The summed E-state index contributed by atoms with van der Waals surface area (Å²) in [7, 11) is 3.86. The number of hydrogen-bond donors (Lipinski definition) is 1. The standard InChI is InChI=1S/C11H22N2O/c1-9(12-13(2)3)8-10-6-4-5-7-11(10)14/h10-11,14H,4-8H2,1-3H3/b12-9+. The second kappa shape index (κ2) is 5.35. The third kappa shape index (κ3) is 3.66. The second-order valence-electron chi connectivity index (χ2n) is 4.50. The quantitative estimate of drug-likeness (QED) is 0.555. The summed E-state index contributed by atoms with van der Waals surface area (Å²) < 4.78 is 0. The zero-order valence-corrected chi connectivity index (χ0v) is 9.53. The van der Waals surface area contributed by atoms with Gasteiger partial charge in [-0.3, -0.25) is 0 Å². The van der Waals surface area contributed by atoms with Gasteiger partial charge in [0.1, 0.15) is 0 Å². The van der Waals surface area contributed by atoms with Crippen molar-refractivity contribution in [2.75, 3.05) is 14.1 Å². The minimum Gasteiger partial charge on any atom is -0.393 e. The summed E-state index contributed by atoms with van der Waals surface area (Å²) in [5.74, 6) is 0.437. The molecule has 14 heavy (non-hydrogen) atoms. The minimum absolute atomic E-state index is 0.101. The van der Waals surface area contributed by atoms with Crippen LogP contribution in [0.3, 0.4) is 0 Å². The normalized spacial score (nSPS) is 29.0. The lowest BCUT2D eigenvalue weighted by atomic mass is 9.83. The van der Waals surface area contributed by atoms with Crippen molar-refractivity contribution in [2.24, 2.45) is 11.0 Å². The van der Waals surface area contributed by atoms with Gasteiger partial charge in [-0.1, -0.05) is 12.8 Å². The highest BCUT2D eigenvalue weighted by atomic mass is 16.3. The average molecular weight is 198 g/mol. The fourth-order valence-electron chi connectivity index (χ4n) is 2.19. The van der Waals surface area contributed by atoms with Crippen molar-refractivity contribution >= 4 is 5.71 Å². The van der Waals surface area contributed by atoms with Crippen molar-refractivity contribution in [1.82, 2.24) is 5.01 Å². The minimum atomic E-state index is -0.101. The molecule has 3 heteroatoms. The van der Waals surface area contributed by atoms with Gasteiger partial charge in [0.15, 0.2) is 0 Å². The molecule has 3 nitrogen and oxygen atoms in total. The number of hydrogen-bond acceptors (Lipinski definition) is 3. The molecule has 0 aliphatic heterocycles. The van der Waals surface area contributed by atoms with Crippen molar-refractivity contribution in [3.05, 3.63) is 0 Å². The van der Waals surface area contributed by atoms with Gasteiger partial charge in [0, 0.05) is 19.8 Å². The van der Waals surface area contributed by atoms with Crippen molar-refractivity contribution in [3.8, 4) is 0 Å². The van der Waals surface area contributed by atoms with E-state index in [1.165, 1.54) is 12.8 Å². The van der Waals surface area contributed by atoms with Crippen LogP contribution in [-0.2, 0) is 0 Å². The van der Waals surface area contributed by atoms with Crippen LogP contribution in [0.5, 0.6) is 0 Å². The van der Waals surface area contributed by atoms with Crippen LogP contribution in [0.4, 0.5) is 0 Å². The molecule has 0 aromatic rings. The van der Waals surface area contributed by atoms with E-state index in [4.69, 9.17) is 0 Å². The van der Waals surface area contributed by atoms with Gasteiger partial charge in [0.05, 0.1) is 6.10 Å². The zero-order valence-electron chi connectivity index (χ0n) is 9.53. The fourth-order valence-corrected chi connectivity index (χ4v) is 2.19. The Hall–Kier alpha value is -0.570. The Labute approximate surface area is 86.8 Å². The maximum absolute atomic E-state index is 9.78. The molecule has 1 aliphatic rings. The van der Waals surface area contributed by atoms with Gasteiger partial charge < -0.3 is 10.1 Å². The molecule has 1 N–H and O–H groups in total. The first-order valence-corrected chi connectivity index (χ1v) is 5.49. The first-order chi connectivity index (χ1) is 6.59. The highest BCUT2D eigenvalue weighted by Gasteiger charge is 2.23. The van der Waals surface area contributed by atoms with Gasteiger partial charge in [0.25, 0.3) is 0 Å². The third-order valence-corrected chi connectivity index (χ3v) is 2.80. The molecule has 1 rings (SSSR count). The molecular weight excluding hydrogens is 176 g/mol. The molecule has 1 saturated carbocycles. The predicted octanol–water partition coefficient (Wildman–Crippen LogP) is 1.87. The Bertz CT molecular complexity index is 201. The van der Waals surface area contributed by atoms with Crippen molar-refractivity contribution < 1.29 is 5.11 Å². The molecule has 0 amide bonds. The smallest absolute Gasteiger partial charge is 0.0572 e. The molecule has 1 fully saturated rings. The highest BCUT2D eigenvalue weighted by Crippen LogP contribution is 2.27. The van der Waals surface area contributed by atoms with Crippen LogP contribution in [-0.4, -0.2) is 36.0 Å². The molecular formula is C11H22N2O. The largest absolute Gasteiger partial charge is 0.393 e. The van der Waals surface area contributed by atoms with Gasteiger partial charge in [-0.05, 0) is 32.1 Å². The lowest BCUT2D eigenvalue weighted by Crippen LogP contribution is -2.26. The monoisotopic (exact) mass is 198 g/mol. The average Bonchev–Trinajstić information content (AvgIpc) is 2.07. The maximum atomic E-state index is 9.78. The third-order valence-electron chi connectivity index (χ3n) is 2.80. The molecule has 0 bridgehead atoms. The van der Waals surface area contributed by atoms with Crippen LogP contribution in [0.15, 0.2) is 5.10 Å². The number of aliphatic hydroxyl groups is 1. The van der Waals surface area contributed by atoms with E-state index in [0.717, 1.165) is 25.0 Å². The van der Waals surface area contributed by atoms with Crippen LogP contribution in [0, 0.1) is 5.92 Å². The Kier molecular flexibility index (Phi) is 4.39. The van der Waals surface area contributed by atoms with Crippen LogP contribution in [0.1, 0.15) is 39.0 Å². The Morgan fingerprint density at radius 1 is 1.36 bits per heavy atom. The molecule has 0 radical (unpaired) electrons. The summed E-state index contributed by atoms with van der Waals surface area (Å²) in [5.41, 5.74) is 1.13. The summed E-state index contributed by atoms with van der Waals surface area (Å²) in [6, 6.07) is 0. The van der Waals surface area contributed by atoms with Crippen LogP contribution >= 0.6 is 0 Å². The molecule has 0 spiro atoms. The zero-order chi connectivity index (χ0) is 10.6. The van der Waals surface area contributed by atoms with E-state index in [-0.39, 0.29) is 6.10 Å². The molecule has 2 atom stereocenters. The van der Waals surface area contributed by atoms with E-state index < -0.39 is 0 Å². The molecule has 0 aromatic heterocycles. The molecule has 2 unspecified atom stereocenters. The van der Waals surface area contributed by atoms with E-state index in [1.807, 2.05) is 26.0 Å². The Balaban J connectivity index is 2.42. The first-order valence-electron chi connectivity index (χ1n) is 5.49. The molecule has 0 aromatic carbocycles. The summed E-state index contributed by atoms with van der Waals surface area (Å²) >= 11 is 0. The van der Waals surface area contributed by atoms with Gasteiger partial charge >= 0.3 is 0 Å². The number of aliphatic hydroxyl groups excluding tert-OH is 1. The molecule has 82 valence electrons. The predicted molar refractivity (Wildman–Crippen MR) is 59.4 cm³/mol. The Morgan fingerprint density at radius 2 is 2.00 bits per heavy atom. The van der Waals surface area contributed by atoms with Gasteiger partial charge in [0.2, 0.25) is 0 Å². The van der Waals surface area contributed by atoms with E-state index >= 15 is 0 Å². The Morgan fingerprint density at radius 3 is 2.57 bits per heavy atom. The maximum Gasteiger partial charge on any atom is 0.0572 e. The second-order valence-corrected chi connectivity index (χ2v) is 4.50. The molecule has 1 aliphatic carbocycles. The highest BCUT2D eigenvalue weighted by molar-refractivity contribution is 5.81. The van der Waals surface area contributed by atoms with Gasteiger partial charge in [-0.25, -0.2) is 0 Å². The number of nitrogens with zero attached hydrogens (tertiary/aromatic N) is 2. The van der Waals surface area contributed by atoms with E-state index in [2.05, 4.69) is 5.10 Å². The van der Waals surface area contributed by atoms with Gasteiger partial charge in [-0.15, -0.1) is 0 Å². The van der Waals surface area contributed by atoms with E-state index in [1.54, 1.807) is 0 Å². The summed E-state index contributed by atoms with van der Waals surface area (Å²) in [6.45, 7) is 2.04. The van der Waals surface area contributed by atoms with Crippen LogP contribution in [0.25, 0.3) is 0 Å². The SMILES string of the molecule is C/C(CC1CCCCC1O)=N\N(C)C. The van der Waals surface area contributed by atoms with Crippen LogP contribution < -0.4 is 0 Å². The first kappa shape index (κ1) is 11.5. The van der Waals surface area contributed by atoms with Crippen LogP contribution in [0.2, 0.25) is 0 Å². The lowest BCUT2D eigenvalue weighted by molar-refractivity contribution is 0.0733. The van der Waals surface area contributed by atoms with Crippen molar-refractivity contribution in [3.63, 3.8) is 0 Å². The summed E-state index contributed by atoms with van der Waals surface area (Å²) in [4.78, 5) is 0. The lowest BCUT2D eigenvalue weighted by Gasteiger charge is -2.27. The van der Waals surface area contributed by atoms with Crippen molar-refractivity contribution in [1.29, 1.82) is 0 Å².